The van der Waals surface area contributed by atoms with Crippen LogP contribution in [-0.2, 0) is 4.79 Å². The number of nitrogens with one attached hydrogen (secondary N) is 1. The van der Waals surface area contributed by atoms with E-state index in [1.807, 2.05) is 19.9 Å². The standard InChI is InChI=1S/C20H30N2O2.ClH/c1-13-6-7-14(2)18(10-13)24-9-8-19(23)22-20-15-4-3-5-16(20)12-17(21)11-15;/h6-7,10,15-17,20H,3-5,8-9,11-12,21H2,1-2H3,(H,22,23);1H. The normalized spacial score (nSPS) is 28.0. The van der Waals surface area contributed by atoms with E-state index in [0.29, 0.717) is 36.9 Å². The van der Waals surface area contributed by atoms with Crippen molar-refractivity contribution in [2.75, 3.05) is 6.61 Å². The van der Waals surface area contributed by atoms with Gasteiger partial charge in [-0.15, -0.1) is 12.4 Å². The lowest BCUT2D eigenvalue weighted by Crippen LogP contribution is -2.53. The van der Waals surface area contributed by atoms with Gasteiger partial charge in [0.05, 0.1) is 13.0 Å². The molecule has 1 aromatic rings. The molecule has 4 nitrogen and oxygen atoms in total. The second-order valence-electron chi connectivity index (χ2n) is 7.64. The van der Waals surface area contributed by atoms with Crippen LogP contribution in [0.1, 0.15) is 49.7 Å². The topological polar surface area (TPSA) is 64.3 Å². The van der Waals surface area contributed by atoms with Crippen molar-refractivity contribution in [1.29, 1.82) is 0 Å². The van der Waals surface area contributed by atoms with Crippen LogP contribution in [0.2, 0.25) is 0 Å². The van der Waals surface area contributed by atoms with Crippen molar-refractivity contribution in [1.82, 2.24) is 5.32 Å². The molecule has 2 unspecified atom stereocenters. The fourth-order valence-corrected chi connectivity index (χ4v) is 4.40. The first kappa shape index (κ1) is 20.1. The Morgan fingerprint density at radius 3 is 2.60 bits per heavy atom. The molecule has 0 heterocycles. The minimum absolute atomic E-state index is 0. The summed E-state index contributed by atoms with van der Waals surface area (Å²) in [6.07, 6.45) is 6.21. The van der Waals surface area contributed by atoms with Crippen LogP contribution in [0.3, 0.4) is 0 Å². The van der Waals surface area contributed by atoms with Crippen molar-refractivity contribution in [2.24, 2.45) is 17.6 Å². The van der Waals surface area contributed by atoms with Crippen LogP contribution >= 0.6 is 12.4 Å². The van der Waals surface area contributed by atoms with Gasteiger partial charge < -0.3 is 15.8 Å². The maximum Gasteiger partial charge on any atom is 0.223 e. The minimum Gasteiger partial charge on any atom is -0.493 e. The van der Waals surface area contributed by atoms with Gasteiger partial charge in [0.1, 0.15) is 5.75 Å². The maximum atomic E-state index is 12.3. The van der Waals surface area contributed by atoms with Crippen LogP contribution in [0.4, 0.5) is 0 Å². The Hall–Kier alpha value is -1.26. The third-order valence-corrected chi connectivity index (χ3v) is 5.63. The second-order valence-corrected chi connectivity index (χ2v) is 7.64. The quantitative estimate of drug-likeness (QED) is 0.838. The van der Waals surface area contributed by atoms with Gasteiger partial charge in [-0.1, -0.05) is 18.6 Å². The molecule has 3 rings (SSSR count). The molecule has 2 fully saturated rings. The molecule has 2 atom stereocenters. The Balaban J connectivity index is 0.00000225. The average molecular weight is 367 g/mol. The zero-order chi connectivity index (χ0) is 17.1. The molecule has 0 aliphatic heterocycles. The molecular weight excluding hydrogens is 336 g/mol. The summed E-state index contributed by atoms with van der Waals surface area (Å²) in [5.41, 5.74) is 8.44. The largest absolute Gasteiger partial charge is 0.493 e. The first-order chi connectivity index (χ1) is 11.5. The highest BCUT2D eigenvalue weighted by molar-refractivity contribution is 5.85. The molecule has 0 aromatic heterocycles. The summed E-state index contributed by atoms with van der Waals surface area (Å²) in [7, 11) is 0. The van der Waals surface area contributed by atoms with Gasteiger partial charge in [0.15, 0.2) is 0 Å². The van der Waals surface area contributed by atoms with Crippen LogP contribution in [-0.4, -0.2) is 24.6 Å². The van der Waals surface area contributed by atoms with E-state index in [1.165, 1.54) is 24.8 Å². The number of rotatable bonds is 5. The van der Waals surface area contributed by atoms with Gasteiger partial charge in [-0.3, -0.25) is 4.79 Å². The lowest BCUT2D eigenvalue weighted by molar-refractivity contribution is -0.123. The van der Waals surface area contributed by atoms with Gasteiger partial charge >= 0.3 is 0 Å². The Bertz CT molecular complexity index is 579. The van der Waals surface area contributed by atoms with Gasteiger partial charge in [0.2, 0.25) is 5.91 Å². The fraction of sp³-hybridized carbons (Fsp3) is 0.650. The molecular formula is C20H31ClN2O2. The maximum absolute atomic E-state index is 12.3. The van der Waals surface area contributed by atoms with E-state index in [1.54, 1.807) is 0 Å². The molecule has 2 bridgehead atoms. The number of fused-ring (bicyclic) bond motifs is 2. The monoisotopic (exact) mass is 366 g/mol. The number of benzene rings is 1. The number of aryl methyl sites for hydroxylation is 2. The summed E-state index contributed by atoms with van der Waals surface area (Å²) in [4.78, 5) is 12.3. The van der Waals surface area contributed by atoms with Crippen molar-refractivity contribution in [2.45, 2.75) is 64.5 Å². The van der Waals surface area contributed by atoms with E-state index in [9.17, 15) is 4.79 Å². The van der Waals surface area contributed by atoms with Crippen LogP contribution in [0.5, 0.6) is 5.75 Å². The molecule has 5 heteroatoms. The number of nitrogens with two attached hydrogens (primary N) is 1. The van der Waals surface area contributed by atoms with E-state index in [-0.39, 0.29) is 18.3 Å². The Morgan fingerprint density at radius 2 is 1.92 bits per heavy atom. The number of carbonyl (C=O) groups excluding carboxylic acids is 1. The van der Waals surface area contributed by atoms with E-state index >= 15 is 0 Å². The number of hydrogen-bond donors (Lipinski definition) is 2. The number of halogens is 1. The third-order valence-electron chi connectivity index (χ3n) is 5.63. The van der Waals surface area contributed by atoms with Crippen LogP contribution in [0.25, 0.3) is 0 Å². The highest BCUT2D eigenvalue weighted by Crippen LogP contribution is 2.39. The average Bonchev–Trinajstić information content (AvgIpc) is 2.51. The van der Waals surface area contributed by atoms with Gasteiger partial charge in [-0.2, -0.15) is 0 Å². The second kappa shape index (κ2) is 8.91. The Morgan fingerprint density at radius 1 is 1.24 bits per heavy atom. The van der Waals surface area contributed by atoms with Crippen LogP contribution < -0.4 is 15.8 Å². The van der Waals surface area contributed by atoms with Crippen molar-refractivity contribution >= 4 is 18.3 Å². The summed E-state index contributed by atoms with van der Waals surface area (Å²) in [5, 5.41) is 3.28. The molecule has 0 saturated heterocycles. The molecule has 2 aliphatic rings. The highest BCUT2D eigenvalue weighted by atomic mass is 35.5. The Kier molecular flexibility index (Phi) is 7.14. The number of carbonyl (C=O) groups is 1. The first-order valence-corrected chi connectivity index (χ1v) is 9.28. The smallest absolute Gasteiger partial charge is 0.223 e. The fourth-order valence-electron chi connectivity index (χ4n) is 4.40. The molecule has 140 valence electrons. The Labute approximate surface area is 157 Å². The van der Waals surface area contributed by atoms with Crippen molar-refractivity contribution < 1.29 is 9.53 Å². The van der Waals surface area contributed by atoms with Gasteiger partial charge in [-0.25, -0.2) is 0 Å². The molecule has 2 saturated carbocycles. The van der Waals surface area contributed by atoms with E-state index in [4.69, 9.17) is 10.5 Å². The van der Waals surface area contributed by atoms with E-state index in [2.05, 4.69) is 17.4 Å². The lowest BCUT2D eigenvalue weighted by atomic mass is 9.67. The van der Waals surface area contributed by atoms with E-state index < -0.39 is 0 Å². The summed E-state index contributed by atoms with van der Waals surface area (Å²) in [6.45, 7) is 4.50. The minimum atomic E-state index is 0. The van der Waals surface area contributed by atoms with Gasteiger partial charge in [-0.05, 0) is 68.6 Å². The zero-order valence-corrected chi connectivity index (χ0v) is 16.1. The van der Waals surface area contributed by atoms with Gasteiger partial charge in [0, 0.05) is 12.1 Å². The summed E-state index contributed by atoms with van der Waals surface area (Å²) >= 11 is 0. The van der Waals surface area contributed by atoms with Crippen molar-refractivity contribution in [3.63, 3.8) is 0 Å². The predicted molar refractivity (Wildman–Crippen MR) is 103 cm³/mol. The molecule has 25 heavy (non-hydrogen) atoms. The molecule has 0 spiro atoms. The highest BCUT2D eigenvalue weighted by Gasteiger charge is 2.39. The number of ether oxygens (including phenoxy) is 1. The van der Waals surface area contributed by atoms with Crippen molar-refractivity contribution in [3.8, 4) is 5.75 Å². The van der Waals surface area contributed by atoms with Gasteiger partial charge in [0.25, 0.3) is 0 Å². The lowest BCUT2D eigenvalue weighted by Gasteiger charge is -2.45. The molecule has 1 aromatic carbocycles. The number of hydrogen-bond acceptors (Lipinski definition) is 3. The number of amides is 1. The molecule has 2 aliphatic carbocycles. The third kappa shape index (κ3) is 5.11. The summed E-state index contributed by atoms with van der Waals surface area (Å²) in [6, 6.07) is 6.80. The summed E-state index contributed by atoms with van der Waals surface area (Å²) in [5.74, 6) is 2.12. The zero-order valence-electron chi connectivity index (χ0n) is 15.3. The van der Waals surface area contributed by atoms with Crippen molar-refractivity contribution in [3.05, 3.63) is 29.3 Å². The first-order valence-electron chi connectivity index (χ1n) is 9.28. The molecule has 1 amide bonds. The van der Waals surface area contributed by atoms with Crippen LogP contribution in [0.15, 0.2) is 18.2 Å². The molecule has 3 N–H and O–H groups in total. The van der Waals surface area contributed by atoms with E-state index in [0.717, 1.165) is 24.2 Å². The molecule has 0 radical (unpaired) electrons. The summed E-state index contributed by atoms with van der Waals surface area (Å²) < 4.78 is 5.81. The predicted octanol–water partition coefficient (Wildman–Crippen LogP) is 3.52. The van der Waals surface area contributed by atoms with Crippen LogP contribution in [0, 0.1) is 25.7 Å². The SMILES string of the molecule is Cc1ccc(C)c(OCCC(=O)NC2C3CCCC2CC(N)C3)c1.Cl.